The molecule has 1 saturated heterocycles. The molecule has 3 heteroatoms. The van der Waals surface area contributed by atoms with E-state index < -0.39 is 0 Å². The summed E-state index contributed by atoms with van der Waals surface area (Å²) in [6.45, 7) is 12.6. The second-order valence-corrected chi connectivity index (χ2v) is 7.03. The minimum Gasteiger partial charge on any atom is -0.309 e. The first-order valence-corrected chi connectivity index (χ1v) is 7.96. The van der Waals surface area contributed by atoms with Crippen LogP contribution in [0.5, 0.6) is 0 Å². The van der Waals surface area contributed by atoms with E-state index in [1.807, 2.05) is 0 Å². The van der Waals surface area contributed by atoms with Crippen molar-refractivity contribution in [3.8, 4) is 0 Å². The molecule has 1 aliphatic rings. The van der Waals surface area contributed by atoms with E-state index in [1.54, 1.807) is 11.3 Å². The smallest absolute Gasteiger partial charge is 0.0253 e. The van der Waals surface area contributed by atoms with Gasteiger partial charge in [0.15, 0.2) is 0 Å². The lowest BCUT2D eigenvalue weighted by atomic mass is 9.90. The quantitative estimate of drug-likeness (QED) is 0.899. The van der Waals surface area contributed by atoms with Crippen molar-refractivity contribution in [1.29, 1.82) is 0 Å². The van der Waals surface area contributed by atoms with Gasteiger partial charge < -0.3 is 5.32 Å². The number of nitrogens with one attached hydrogen (secondary N) is 1. The molecule has 1 fully saturated rings. The Kier molecular flexibility index (Phi) is 4.46. The molecule has 1 aromatic rings. The van der Waals surface area contributed by atoms with E-state index in [4.69, 9.17) is 0 Å². The Labute approximate surface area is 115 Å². The Morgan fingerprint density at radius 2 is 2.33 bits per heavy atom. The molecule has 0 aliphatic carbocycles. The first-order chi connectivity index (χ1) is 8.52. The van der Waals surface area contributed by atoms with Gasteiger partial charge in [0.2, 0.25) is 0 Å². The number of rotatable bonds is 4. The largest absolute Gasteiger partial charge is 0.309 e. The molecule has 0 spiro atoms. The van der Waals surface area contributed by atoms with Crippen LogP contribution >= 0.6 is 11.3 Å². The highest BCUT2D eigenvalue weighted by Gasteiger charge is 2.34. The maximum absolute atomic E-state index is 3.69. The van der Waals surface area contributed by atoms with Crippen LogP contribution in [0.15, 0.2) is 16.8 Å². The van der Waals surface area contributed by atoms with Crippen LogP contribution in [0.4, 0.5) is 0 Å². The summed E-state index contributed by atoms with van der Waals surface area (Å²) in [5, 5.41) is 8.16. The molecule has 0 aromatic carbocycles. The number of hydrogen-bond acceptors (Lipinski definition) is 3. The standard InChI is InChI=1S/C15H26N2S/c1-5-12(2)14-8-16-15(3,4)11-17(14)9-13-6-7-18-10-13/h6-7,10,12,14,16H,5,8-9,11H2,1-4H3. The monoisotopic (exact) mass is 266 g/mol. The molecule has 18 heavy (non-hydrogen) atoms. The fraction of sp³-hybridized carbons (Fsp3) is 0.733. The fourth-order valence-electron chi connectivity index (χ4n) is 2.81. The molecule has 2 atom stereocenters. The van der Waals surface area contributed by atoms with Crippen molar-refractivity contribution in [2.75, 3.05) is 13.1 Å². The summed E-state index contributed by atoms with van der Waals surface area (Å²) in [6.07, 6.45) is 1.26. The van der Waals surface area contributed by atoms with Gasteiger partial charge in [0.05, 0.1) is 0 Å². The van der Waals surface area contributed by atoms with Gasteiger partial charge in [0, 0.05) is 31.2 Å². The molecule has 0 amide bonds. The Morgan fingerprint density at radius 1 is 1.56 bits per heavy atom. The van der Waals surface area contributed by atoms with Crippen molar-refractivity contribution in [2.24, 2.45) is 5.92 Å². The molecule has 1 aliphatic heterocycles. The van der Waals surface area contributed by atoms with E-state index in [9.17, 15) is 0 Å². The number of piperazine rings is 1. The molecule has 0 radical (unpaired) electrons. The molecule has 1 N–H and O–H groups in total. The predicted octanol–water partition coefficient (Wildman–Crippen LogP) is 3.35. The van der Waals surface area contributed by atoms with Gasteiger partial charge in [0.1, 0.15) is 0 Å². The Balaban J connectivity index is 2.09. The van der Waals surface area contributed by atoms with Gasteiger partial charge in [-0.3, -0.25) is 4.90 Å². The molecule has 102 valence electrons. The number of thiophene rings is 1. The minimum atomic E-state index is 0.236. The second kappa shape index (κ2) is 5.72. The molecular formula is C15H26N2S. The van der Waals surface area contributed by atoms with Gasteiger partial charge >= 0.3 is 0 Å². The first-order valence-electron chi connectivity index (χ1n) is 7.02. The van der Waals surface area contributed by atoms with E-state index >= 15 is 0 Å². The third kappa shape index (κ3) is 3.34. The maximum atomic E-state index is 3.69. The van der Waals surface area contributed by atoms with Crippen molar-refractivity contribution < 1.29 is 0 Å². The van der Waals surface area contributed by atoms with E-state index in [-0.39, 0.29) is 5.54 Å². The van der Waals surface area contributed by atoms with Gasteiger partial charge in [-0.2, -0.15) is 11.3 Å². The van der Waals surface area contributed by atoms with Crippen molar-refractivity contribution in [3.63, 3.8) is 0 Å². The van der Waals surface area contributed by atoms with E-state index in [2.05, 4.69) is 54.7 Å². The topological polar surface area (TPSA) is 15.3 Å². The van der Waals surface area contributed by atoms with Gasteiger partial charge in [-0.05, 0) is 42.2 Å². The average molecular weight is 266 g/mol. The first kappa shape index (κ1) is 14.0. The Morgan fingerprint density at radius 3 is 2.94 bits per heavy atom. The summed E-state index contributed by atoms with van der Waals surface area (Å²) in [6, 6.07) is 2.93. The highest BCUT2D eigenvalue weighted by Crippen LogP contribution is 2.24. The normalized spacial score (nSPS) is 26.1. The lowest BCUT2D eigenvalue weighted by Gasteiger charge is -2.46. The Hall–Kier alpha value is -0.380. The van der Waals surface area contributed by atoms with Crippen LogP contribution in [0.2, 0.25) is 0 Å². The third-order valence-corrected chi connectivity index (χ3v) is 4.86. The highest BCUT2D eigenvalue weighted by atomic mass is 32.1. The highest BCUT2D eigenvalue weighted by molar-refractivity contribution is 7.07. The van der Waals surface area contributed by atoms with Crippen molar-refractivity contribution in [3.05, 3.63) is 22.4 Å². The van der Waals surface area contributed by atoms with E-state index in [1.165, 1.54) is 12.0 Å². The van der Waals surface area contributed by atoms with Crippen molar-refractivity contribution in [1.82, 2.24) is 10.2 Å². The molecule has 2 nitrogen and oxygen atoms in total. The lowest BCUT2D eigenvalue weighted by molar-refractivity contribution is 0.0572. The summed E-state index contributed by atoms with van der Waals surface area (Å²) in [5.41, 5.74) is 1.70. The second-order valence-electron chi connectivity index (χ2n) is 6.25. The van der Waals surface area contributed by atoms with Gasteiger partial charge in [-0.25, -0.2) is 0 Å². The predicted molar refractivity (Wildman–Crippen MR) is 80.1 cm³/mol. The van der Waals surface area contributed by atoms with Crippen LogP contribution in [0, 0.1) is 5.92 Å². The third-order valence-electron chi connectivity index (χ3n) is 4.12. The molecule has 2 rings (SSSR count). The number of hydrogen-bond donors (Lipinski definition) is 1. The summed E-state index contributed by atoms with van der Waals surface area (Å²) < 4.78 is 0. The van der Waals surface area contributed by atoms with Crippen LogP contribution in [0.25, 0.3) is 0 Å². The zero-order chi connectivity index (χ0) is 13.2. The summed E-state index contributed by atoms with van der Waals surface area (Å²) in [7, 11) is 0. The van der Waals surface area contributed by atoms with E-state index in [0.717, 1.165) is 25.6 Å². The minimum absolute atomic E-state index is 0.236. The Bertz CT molecular complexity index is 359. The summed E-state index contributed by atoms with van der Waals surface area (Å²) in [4.78, 5) is 2.67. The molecule has 2 heterocycles. The molecule has 0 bridgehead atoms. The van der Waals surface area contributed by atoms with Crippen molar-refractivity contribution >= 4 is 11.3 Å². The van der Waals surface area contributed by atoms with Crippen LogP contribution in [-0.2, 0) is 6.54 Å². The van der Waals surface area contributed by atoms with Gasteiger partial charge in [0.25, 0.3) is 0 Å². The molecule has 2 unspecified atom stereocenters. The van der Waals surface area contributed by atoms with Crippen LogP contribution < -0.4 is 5.32 Å². The van der Waals surface area contributed by atoms with Crippen LogP contribution in [-0.4, -0.2) is 29.6 Å². The lowest BCUT2D eigenvalue weighted by Crippen LogP contribution is -2.62. The molecule has 1 aromatic heterocycles. The van der Waals surface area contributed by atoms with Crippen LogP contribution in [0.1, 0.15) is 39.7 Å². The fourth-order valence-corrected chi connectivity index (χ4v) is 3.47. The maximum Gasteiger partial charge on any atom is 0.0253 e. The summed E-state index contributed by atoms with van der Waals surface area (Å²) in [5.74, 6) is 0.757. The molecule has 0 saturated carbocycles. The van der Waals surface area contributed by atoms with Crippen LogP contribution in [0.3, 0.4) is 0 Å². The van der Waals surface area contributed by atoms with E-state index in [0.29, 0.717) is 6.04 Å². The zero-order valence-corrected chi connectivity index (χ0v) is 12.9. The van der Waals surface area contributed by atoms with Gasteiger partial charge in [-0.1, -0.05) is 20.3 Å². The SMILES string of the molecule is CCC(C)C1CNC(C)(C)CN1Cc1ccsc1. The number of nitrogens with zero attached hydrogens (tertiary/aromatic N) is 1. The summed E-state index contributed by atoms with van der Waals surface area (Å²) >= 11 is 1.80. The van der Waals surface area contributed by atoms with Crippen molar-refractivity contribution in [2.45, 2.75) is 52.2 Å². The molecular weight excluding hydrogens is 240 g/mol. The zero-order valence-electron chi connectivity index (χ0n) is 12.1. The van der Waals surface area contributed by atoms with Gasteiger partial charge in [-0.15, -0.1) is 0 Å². The average Bonchev–Trinajstić information content (AvgIpc) is 2.80.